The van der Waals surface area contributed by atoms with E-state index >= 15 is 0 Å². The van der Waals surface area contributed by atoms with E-state index in [2.05, 4.69) is 116 Å². The lowest BCUT2D eigenvalue weighted by Gasteiger charge is -2.42. The number of hydrogen-bond donors (Lipinski definition) is 0. The molecule has 0 unspecified atom stereocenters. The molecule has 0 aromatic heterocycles. The fourth-order valence-electron chi connectivity index (χ4n) is 7.63. The third-order valence-electron chi connectivity index (χ3n) is 9.26. The van der Waals surface area contributed by atoms with Gasteiger partial charge in [0.25, 0.3) is 0 Å². The fraction of sp³-hybridized carbons (Fsp3) is 0.118. The van der Waals surface area contributed by atoms with Crippen LogP contribution in [-0.4, -0.2) is 14.8 Å². The van der Waals surface area contributed by atoms with Crippen molar-refractivity contribution in [3.63, 3.8) is 0 Å². The molecule has 2 heteroatoms. The predicted molar refractivity (Wildman–Crippen MR) is 156 cm³/mol. The normalized spacial score (nSPS) is 14.4. The first kappa shape index (κ1) is 20.6. The van der Waals surface area contributed by atoms with E-state index in [4.69, 9.17) is 0 Å². The van der Waals surface area contributed by atoms with Gasteiger partial charge in [-0.2, -0.15) is 0 Å². The Kier molecular flexibility index (Phi) is 4.25. The first-order chi connectivity index (χ1) is 17.7. The van der Waals surface area contributed by atoms with E-state index in [1.165, 1.54) is 27.1 Å². The Morgan fingerprint density at radius 3 is 1.47 bits per heavy atom. The molecule has 0 saturated heterocycles. The average Bonchev–Trinajstić information content (AvgIpc) is 2.94. The van der Waals surface area contributed by atoms with Crippen molar-refractivity contribution >= 4 is 46.7 Å². The molecule has 0 atom stereocenters. The van der Waals surface area contributed by atoms with E-state index in [-0.39, 0.29) is 0 Å². The van der Waals surface area contributed by atoms with Crippen LogP contribution < -0.4 is 31.9 Å². The zero-order valence-corrected chi connectivity index (χ0v) is 21.6. The van der Waals surface area contributed by atoms with Crippen molar-refractivity contribution in [2.45, 2.75) is 25.8 Å². The Labute approximate surface area is 214 Å². The molecule has 0 fully saturated rings. The summed E-state index contributed by atoms with van der Waals surface area (Å²) in [6, 6.07) is 41.8. The smallest absolute Gasteiger partial charge is 0.0624 e. The molecule has 0 bridgehead atoms. The van der Waals surface area contributed by atoms with Crippen LogP contribution in [0.1, 0.15) is 33.4 Å². The summed E-state index contributed by atoms with van der Waals surface area (Å²) in [7, 11) is -2.21. The largest absolute Gasteiger partial charge is 0.243 e. The standard InChI is InChI=1S/C34H27BSi/c1-36(28-14-4-2-5-15-28,29-16-6-3-7-17-29)31-19-18-27-21-25-11-8-10-23-20-24-12-9-13-26-22-30(31)34(27)35(32(23)25)33(24)26/h2-19H,20-22H2,1H3. The zero-order chi connectivity index (χ0) is 23.9. The summed E-state index contributed by atoms with van der Waals surface area (Å²) in [5, 5.41) is 4.58. The van der Waals surface area contributed by atoms with Crippen molar-refractivity contribution in [3.8, 4) is 0 Å². The molecule has 36 heavy (non-hydrogen) atoms. The highest BCUT2D eigenvalue weighted by molar-refractivity contribution is 7.11. The highest BCUT2D eigenvalue weighted by Gasteiger charge is 2.45. The van der Waals surface area contributed by atoms with Crippen molar-refractivity contribution in [1.82, 2.24) is 0 Å². The Morgan fingerprint density at radius 2 is 0.944 bits per heavy atom. The summed E-state index contributed by atoms with van der Waals surface area (Å²) in [6.45, 7) is 2.97. The molecule has 3 aliphatic rings. The molecule has 0 radical (unpaired) electrons. The summed E-state index contributed by atoms with van der Waals surface area (Å²) in [4.78, 5) is 0. The van der Waals surface area contributed by atoms with Gasteiger partial charge in [-0.05, 0) is 68.2 Å². The molecule has 0 nitrogen and oxygen atoms in total. The highest BCUT2D eigenvalue weighted by atomic mass is 28.3. The van der Waals surface area contributed by atoms with Crippen LogP contribution in [-0.2, 0) is 19.3 Å². The van der Waals surface area contributed by atoms with Gasteiger partial charge in [0.1, 0.15) is 8.07 Å². The number of rotatable bonds is 3. The van der Waals surface area contributed by atoms with Gasteiger partial charge in [0.15, 0.2) is 0 Å². The maximum absolute atomic E-state index is 2.57. The van der Waals surface area contributed by atoms with Crippen molar-refractivity contribution in [3.05, 3.63) is 143 Å². The van der Waals surface area contributed by atoms with Gasteiger partial charge in [-0.25, -0.2) is 0 Å². The third kappa shape index (κ3) is 2.66. The lowest BCUT2D eigenvalue weighted by atomic mass is 9.28. The van der Waals surface area contributed by atoms with Crippen LogP contribution in [0.25, 0.3) is 0 Å². The summed E-state index contributed by atoms with van der Waals surface area (Å²) in [5.74, 6) is 0. The topological polar surface area (TPSA) is 0 Å². The van der Waals surface area contributed by atoms with E-state index in [9.17, 15) is 0 Å². The lowest BCUT2D eigenvalue weighted by molar-refractivity contribution is 1.10. The summed E-state index contributed by atoms with van der Waals surface area (Å²) >= 11 is 0. The van der Waals surface area contributed by atoms with Gasteiger partial charge in [-0.3, -0.25) is 0 Å². The molecular formula is C34H27BSi. The van der Waals surface area contributed by atoms with Crippen molar-refractivity contribution in [2.24, 2.45) is 0 Å². The Balaban J connectivity index is 1.46. The molecule has 3 aliphatic heterocycles. The van der Waals surface area contributed by atoms with Gasteiger partial charge in [0.05, 0.1) is 0 Å². The molecule has 5 aromatic carbocycles. The quantitative estimate of drug-likeness (QED) is 0.273. The van der Waals surface area contributed by atoms with Crippen LogP contribution in [0.15, 0.2) is 109 Å². The van der Waals surface area contributed by atoms with Crippen LogP contribution in [0.4, 0.5) is 0 Å². The van der Waals surface area contributed by atoms with Gasteiger partial charge in [-0.15, -0.1) is 0 Å². The minimum atomic E-state index is -2.21. The molecule has 8 rings (SSSR count). The van der Waals surface area contributed by atoms with Gasteiger partial charge in [-0.1, -0.05) is 132 Å². The molecule has 0 amide bonds. The van der Waals surface area contributed by atoms with Crippen LogP contribution in [0.2, 0.25) is 6.55 Å². The second-order valence-electron chi connectivity index (χ2n) is 11.0. The van der Waals surface area contributed by atoms with E-state index in [0.717, 1.165) is 19.3 Å². The van der Waals surface area contributed by atoms with Crippen LogP contribution in [0.5, 0.6) is 0 Å². The van der Waals surface area contributed by atoms with Crippen molar-refractivity contribution < 1.29 is 0 Å². The zero-order valence-electron chi connectivity index (χ0n) is 20.6. The first-order valence-electron chi connectivity index (χ1n) is 13.2. The minimum absolute atomic E-state index is 0.397. The predicted octanol–water partition coefficient (Wildman–Crippen LogP) is 3.02. The maximum Gasteiger partial charge on any atom is 0.243 e. The average molecular weight is 474 g/mol. The van der Waals surface area contributed by atoms with Crippen molar-refractivity contribution in [2.75, 3.05) is 0 Å². The van der Waals surface area contributed by atoms with E-state index < -0.39 is 8.07 Å². The maximum atomic E-state index is 2.57. The summed E-state index contributed by atoms with van der Waals surface area (Å²) in [5.41, 5.74) is 14.2. The second kappa shape index (κ2) is 7.44. The SMILES string of the molecule is C[Si](c1ccccc1)(c1ccccc1)c1ccc2c3c1Cc1cccc4c1B3c1c(cccc1C2)C4. The molecule has 170 valence electrons. The van der Waals surface area contributed by atoms with E-state index in [0.29, 0.717) is 6.71 Å². The fourth-order valence-corrected chi connectivity index (χ4v) is 11.5. The van der Waals surface area contributed by atoms with Crippen LogP contribution >= 0.6 is 0 Å². The monoisotopic (exact) mass is 474 g/mol. The second-order valence-corrected chi connectivity index (χ2v) is 14.9. The van der Waals surface area contributed by atoms with E-state index in [1.807, 2.05) is 0 Å². The molecule has 0 spiro atoms. The van der Waals surface area contributed by atoms with Gasteiger partial charge in [0, 0.05) is 0 Å². The summed E-state index contributed by atoms with van der Waals surface area (Å²) in [6.07, 6.45) is 3.19. The molecule has 0 aliphatic carbocycles. The third-order valence-corrected chi connectivity index (χ3v) is 13.8. The Hall–Kier alpha value is -3.62. The molecule has 0 saturated carbocycles. The summed E-state index contributed by atoms with van der Waals surface area (Å²) < 4.78 is 0. The van der Waals surface area contributed by atoms with Crippen LogP contribution in [0.3, 0.4) is 0 Å². The number of hydrogen-bond acceptors (Lipinski definition) is 0. The lowest BCUT2D eigenvalue weighted by Crippen LogP contribution is -2.70. The Morgan fingerprint density at radius 1 is 0.472 bits per heavy atom. The number of benzene rings is 5. The molecule has 5 aromatic rings. The minimum Gasteiger partial charge on any atom is -0.0624 e. The van der Waals surface area contributed by atoms with Gasteiger partial charge < -0.3 is 0 Å². The van der Waals surface area contributed by atoms with Crippen molar-refractivity contribution in [1.29, 1.82) is 0 Å². The molecule has 0 N–H and O–H groups in total. The van der Waals surface area contributed by atoms with Crippen LogP contribution in [0, 0.1) is 0 Å². The first-order valence-corrected chi connectivity index (χ1v) is 15.7. The molecule has 3 heterocycles. The Bertz CT molecular complexity index is 1600. The van der Waals surface area contributed by atoms with Gasteiger partial charge in [0.2, 0.25) is 6.71 Å². The van der Waals surface area contributed by atoms with Gasteiger partial charge >= 0.3 is 0 Å². The van der Waals surface area contributed by atoms with E-state index in [1.54, 1.807) is 38.3 Å². The highest BCUT2D eigenvalue weighted by Crippen LogP contribution is 2.28. The molecular weight excluding hydrogens is 447 g/mol.